The Morgan fingerprint density at radius 2 is 1.87 bits per heavy atom. The second kappa shape index (κ2) is 8.56. The predicted molar refractivity (Wildman–Crippen MR) is 94.0 cm³/mol. The molecule has 0 aliphatic heterocycles. The predicted octanol–water partition coefficient (Wildman–Crippen LogP) is 3.81. The van der Waals surface area contributed by atoms with Crippen LogP contribution in [0.2, 0.25) is 5.02 Å². The molecule has 0 saturated carbocycles. The zero-order valence-corrected chi connectivity index (χ0v) is 14.1. The van der Waals surface area contributed by atoms with Crippen LogP contribution in [-0.2, 0) is 11.3 Å². The Morgan fingerprint density at radius 1 is 1.17 bits per heavy atom. The molecule has 0 aromatic heterocycles. The maximum absolute atomic E-state index is 12.1. The summed E-state index contributed by atoms with van der Waals surface area (Å²) in [6, 6.07) is 14.9. The maximum atomic E-state index is 12.1. The lowest BCUT2D eigenvalue weighted by Crippen LogP contribution is -2.30. The van der Waals surface area contributed by atoms with Crippen molar-refractivity contribution in [3.63, 3.8) is 0 Å². The van der Waals surface area contributed by atoms with Gasteiger partial charge in [0.15, 0.2) is 0 Å². The van der Waals surface area contributed by atoms with Gasteiger partial charge in [0.05, 0.1) is 13.2 Å². The van der Waals surface area contributed by atoms with Crippen LogP contribution < -0.4 is 10.1 Å². The Balaban J connectivity index is 1.90. The van der Waals surface area contributed by atoms with Crippen LogP contribution >= 0.6 is 11.6 Å². The maximum Gasteiger partial charge on any atom is 0.238 e. The van der Waals surface area contributed by atoms with Crippen LogP contribution in [0.4, 0.5) is 5.69 Å². The van der Waals surface area contributed by atoms with Gasteiger partial charge in [-0.2, -0.15) is 0 Å². The fourth-order valence-electron chi connectivity index (χ4n) is 2.26. The second-order valence-electron chi connectivity index (χ2n) is 5.27. The van der Waals surface area contributed by atoms with E-state index in [9.17, 15) is 4.79 Å². The monoisotopic (exact) mass is 332 g/mol. The first kappa shape index (κ1) is 17.3. The van der Waals surface area contributed by atoms with Crippen LogP contribution in [-0.4, -0.2) is 31.0 Å². The minimum absolute atomic E-state index is 0.0660. The SMILES string of the molecule is CCOc1ccccc1CN(C)CC(=O)Nc1ccc(Cl)cc1. The summed E-state index contributed by atoms with van der Waals surface area (Å²) in [4.78, 5) is 14.0. The molecule has 1 N–H and O–H groups in total. The molecular weight excluding hydrogens is 312 g/mol. The van der Waals surface area contributed by atoms with Gasteiger partial charge in [-0.3, -0.25) is 9.69 Å². The number of hydrogen-bond acceptors (Lipinski definition) is 3. The van der Waals surface area contributed by atoms with Gasteiger partial charge in [0.1, 0.15) is 5.75 Å². The standard InChI is InChI=1S/C18H21ClN2O2/c1-3-23-17-7-5-4-6-14(17)12-21(2)13-18(22)20-16-10-8-15(19)9-11-16/h4-11H,3,12-13H2,1-2H3,(H,20,22). The summed E-state index contributed by atoms with van der Waals surface area (Å²) in [7, 11) is 1.91. The van der Waals surface area contributed by atoms with E-state index in [4.69, 9.17) is 16.3 Å². The van der Waals surface area contributed by atoms with Gasteiger partial charge in [0.2, 0.25) is 5.91 Å². The summed E-state index contributed by atoms with van der Waals surface area (Å²) < 4.78 is 5.61. The van der Waals surface area contributed by atoms with Crippen molar-refractivity contribution in [3.05, 3.63) is 59.1 Å². The van der Waals surface area contributed by atoms with Gasteiger partial charge in [-0.25, -0.2) is 0 Å². The van der Waals surface area contributed by atoms with E-state index in [0.717, 1.165) is 17.0 Å². The summed E-state index contributed by atoms with van der Waals surface area (Å²) in [5.41, 5.74) is 1.80. The van der Waals surface area contributed by atoms with Gasteiger partial charge in [-0.15, -0.1) is 0 Å². The van der Waals surface area contributed by atoms with Gasteiger partial charge in [-0.1, -0.05) is 29.8 Å². The van der Waals surface area contributed by atoms with E-state index in [2.05, 4.69) is 5.32 Å². The highest BCUT2D eigenvalue weighted by molar-refractivity contribution is 6.30. The molecule has 0 aliphatic carbocycles. The first-order valence-corrected chi connectivity index (χ1v) is 7.91. The topological polar surface area (TPSA) is 41.6 Å². The number of carbonyl (C=O) groups excluding carboxylic acids is 1. The van der Waals surface area contributed by atoms with E-state index in [1.54, 1.807) is 24.3 Å². The van der Waals surface area contributed by atoms with Crippen molar-refractivity contribution in [2.24, 2.45) is 0 Å². The lowest BCUT2D eigenvalue weighted by molar-refractivity contribution is -0.117. The molecule has 0 aliphatic rings. The summed E-state index contributed by atoms with van der Waals surface area (Å²) in [6.07, 6.45) is 0. The number of anilines is 1. The van der Waals surface area contributed by atoms with Crippen molar-refractivity contribution in [1.29, 1.82) is 0 Å². The van der Waals surface area contributed by atoms with E-state index >= 15 is 0 Å². The highest BCUT2D eigenvalue weighted by Gasteiger charge is 2.10. The van der Waals surface area contributed by atoms with Gasteiger partial charge in [0, 0.05) is 22.8 Å². The molecule has 0 saturated heterocycles. The number of amides is 1. The fraction of sp³-hybridized carbons (Fsp3) is 0.278. The lowest BCUT2D eigenvalue weighted by atomic mass is 10.2. The molecule has 0 bridgehead atoms. The molecule has 0 radical (unpaired) electrons. The third kappa shape index (κ3) is 5.58. The summed E-state index contributed by atoms with van der Waals surface area (Å²) >= 11 is 5.83. The quantitative estimate of drug-likeness (QED) is 0.838. The molecule has 0 unspecified atom stereocenters. The van der Waals surface area contributed by atoms with Crippen molar-refractivity contribution < 1.29 is 9.53 Å². The van der Waals surface area contributed by atoms with Crippen molar-refractivity contribution in [3.8, 4) is 5.75 Å². The second-order valence-corrected chi connectivity index (χ2v) is 5.70. The molecular formula is C18H21ClN2O2. The smallest absolute Gasteiger partial charge is 0.238 e. The first-order valence-electron chi connectivity index (χ1n) is 7.53. The van der Waals surface area contributed by atoms with Crippen LogP contribution in [0.3, 0.4) is 0 Å². The van der Waals surface area contributed by atoms with E-state index in [1.807, 2.05) is 43.1 Å². The van der Waals surface area contributed by atoms with E-state index in [-0.39, 0.29) is 5.91 Å². The molecule has 2 aromatic rings. The number of carbonyl (C=O) groups is 1. The summed E-state index contributed by atoms with van der Waals surface area (Å²) in [6.45, 7) is 3.52. The summed E-state index contributed by atoms with van der Waals surface area (Å²) in [5.74, 6) is 0.795. The molecule has 122 valence electrons. The van der Waals surface area contributed by atoms with Crippen molar-refractivity contribution in [2.45, 2.75) is 13.5 Å². The molecule has 1 amide bonds. The average molecular weight is 333 g/mol. The van der Waals surface area contributed by atoms with Gasteiger partial charge in [-0.05, 0) is 44.3 Å². The van der Waals surface area contributed by atoms with Crippen molar-refractivity contribution >= 4 is 23.2 Å². The highest BCUT2D eigenvalue weighted by Crippen LogP contribution is 2.19. The van der Waals surface area contributed by atoms with Gasteiger partial charge >= 0.3 is 0 Å². The van der Waals surface area contributed by atoms with Gasteiger partial charge < -0.3 is 10.1 Å². The number of halogens is 1. The molecule has 0 spiro atoms. The molecule has 0 fully saturated rings. The first-order chi connectivity index (χ1) is 11.1. The van der Waals surface area contributed by atoms with Crippen LogP contribution in [0.1, 0.15) is 12.5 Å². The van der Waals surface area contributed by atoms with Crippen LogP contribution in [0.5, 0.6) is 5.75 Å². The van der Waals surface area contributed by atoms with E-state index in [1.165, 1.54) is 0 Å². The molecule has 2 rings (SSSR count). The summed E-state index contributed by atoms with van der Waals surface area (Å²) in [5, 5.41) is 3.50. The Morgan fingerprint density at radius 3 is 2.57 bits per heavy atom. The number of nitrogens with one attached hydrogen (secondary N) is 1. The minimum atomic E-state index is -0.0660. The number of rotatable bonds is 7. The molecule has 0 heterocycles. The van der Waals surface area contributed by atoms with Crippen molar-refractivity contribution in [1.82, 2.24) is 4.90 Å². The molecule has 2 aromatic carbocycles. The Hall–Kier alpha value is -2.04. The number of benzene rings is 2. The largest absolute Gasteiger partial charge is 0.494 e. The normalized spacial score (nSPS) is 10.6. The molecule has 23 heavy (non-hydrogen) atoms. The Labute approximate surface area is 142 Å². The zero-order chi connectivity index (χ0) is 16.7. The van der Waals surface area contributed by atoms with Crippen molar-refractivity contribution in [2.75, 3.05) is 25.5 Å². The van der Waals surface area contributed by atoms with Gasteiger partial charge in [0.25, 0.3) is 0 Å². The number of ether oxygens (including phenoxy) is 1. The van der Waals surface area contributed by atoms with Crippen LogP contribution in [0.15, 0.2) is 48.5 Å². The number of nitrogens with zero attached hydrogens (tertiary/aromatic N) is 1. The van der Waals surface area contributed by atoms with Crippen LogP contribution in [0, 0.1) is 0 Å². The fourth-order valence-corrected chi connectivity index (χ4v) is 2.38. The number of para-hydroxylation sites is 1. The number of likely N-dealkylation sites (N-methyl/N-ethyl adjacent to an activating group) is 1. The van der Waals surface area contributed by atoms with E-state index in [0.29, 0.717) is 24.7 Å². The molecule has 4 nitrogen and oxygen atoms in total. The minimum Gasteiger partial charge on any atom is -0.494 e. The van der Waals surface area contributed by atoms with Crippen LogP contribution in [0.25, 0.3) is 0 Å². The number of hydrogen-bond donors (Lipinski definition) is 1. The lowest BCUT2D eigenvalue weighted by Gasteiger charge is -2.18. The zero-order valence-electron chi connectivity index (χ0n) is 13.4. The molecule has 0 atom stereocenters. The Bertz CT molecular complexity index is 644. The average Bonchev–Trinajstić information content (AvgIpc) is 2.51. The third-order valence-corrected chi connectivity index (χ3v) is 3.51. The Kier molecular flexibility index (Phi) is 6.44. The van der Waals surface area contributed by atoms with E-state index < -0.39 is 0 Å². The third-order valence-electron chi connectivity index (χ3n) is 3.25. The molecule has 5 heteroatoms. The highest BCUT2D eigenvalue weighted by atomic mass is 35.5.